The highest BCUT2D eigenvalue weighted by atomic mass is 16.6. The molecule has 0 radical (unpaired) electrons. The molecular weight excluding hydrogens is 294 g/mol. The maximum atomic E-state index is 12.4. The molecule has 0 aromatic heterocycles. The van der Waals surface area contributed by atoms with Crippen LogP contribution in [0.1, 0.15) is 26.3 Å². The first-order valence-corrected chi connectivity index (χ1v) is 7.64. The lowest BCUT2D eigenvalue weighted by Crippen LogP contribution is -2.62. The number of benzene rings is 1. The van der Waals surface area contributed by atoms with Gasteiger partial charge in [0.1, 0.15) is 24.4 Å². The summed E-state index contributed by atoms with van der Waals surface area (Å²) < 4.78 is 5.38. The third-order valence-corrected chi connectivity index (χ3v) is 3.37. The Morgan fingerprint density at radius 3 is 2.70 bits per heavy atom. The quantitative estimate of drug-likeness (QED) is 0.830. The highest BCUT2D eigenvalue weighted by molar-refractivity contribution is 5.70. The van der Waals surface area contributed by atoms with Crippen LogP contribution >= 0.6 is 0 Å². The maximum Gasteiger partial charge on any atom is 0.411 e. The molecule has 2 N–H and O–H groups in total. The SMILES string of the molecule is CC(C)(C)N[C@@H]1C(=C=O)NCCN1C(=O)OCc1ccccc1. The summed E-state index contributed by atoms with van der Waals surface area (Å²) in [6, 6.07) is 9.49. The number of carbonyl (C=O) groups is 1. The first-order chi connectivity index (χ1) is 10.9. The molecule has 6 heteroatoms. The molecule has 1 atom stereocenters. The van der Waals surface area contributed by atoms with Crippen molar-refractivity contribution in [2.75, 3.05) is 13.1 Å². The number of rotatable bonds is 3. The van der Waals surface area contributed by atoms with Crippen LogP contribution in [0.15, 0.2) is 36.0 Å². The fourth-order valence-electron chi connectivity index (χ4n) is 2.34. The van der Waals surface area contributed by atoms with Crippen LogP contribution in [0.3, 0.4) is 0 Å². The van der Waals surface area contributed by atoms with Crippen molar-refractivity contribution in [3.63, 3.8) is 0 Å². The van der Waals surface area contributed by atoms with Crippen LogP contribution in [-0.2, 0) is 16.1 Å². The minimum Gasteiger partial charge on any atom is -0.444 e. The molecular formula is C17H23N3O3. The highest BCUT2D eigenvalue weighted by Crippen LogP contribution is 2.15. The van der Waals surface area contributed by atoms with Gasteiger partial charge < -0.3 is 10.1 Å². The smallest absolute Gasteiger partial charge is 0.411 e. The number of ether oxygens (including phenoxy) is 1. The topological polar surface area (TPSA) is 70.7 Å². The normalized spacial score (nSPS) is 18.1. The summed E-state index contributed by atoms with van der Waals surface area (Å²) >= 11 is 0. The molecule has 0 saturated carbocycles. The van der Waals surface area contributed by atoms with Gasteiger partial charge in [0, 0.05) is 18.6 Å². The molecule has 1 saturated heterocycles. The molecule has 0 spiro atoms. The Balaban J connectivity index is 2.07. The lowest BCUT2D eigenvalue weighted by atomic mass is 10.1. The Bertz CT molecular complexity index is 589. The summed E-state index contributed by atoms with van der Waals surface area (Å²) in [5.74, 6) is 1.88. The minimum absolute atomic E-state index is 0.200. The number of nitrogens with zero attached hydrogens (tertiary/aromatic N) is 1. The number of amides is 1. The van der Waals surface area contributed by atoms with E-state index in [2.05, 4.69) is 10.6 Å². The summed E-state index contributed by atoms with van der Waals surface area (Å²) in [7, 11) is 0. The monoisotopic (exact) mass is 317 g/mol. The average molecular weight is 317 g/mol. The zero-order valence-corrected chi connectivity index (χ0v) is 13.8. The molecule has 2 rings (SSSR count). The molecule has 1 aromatic rings. The zero-order valence-electron chi connectivity index (χ0n) is 13.8. The summed E-state index contributed by atoms with van der Waals surface area (Å²) in [4.78, 5) is 25.1. The van der Waals surface area contributed by atoms with E-state index >= 15 is 0 Å². The standard InChI is InChI=1S/C17H23N3O3/c1-17(2,3)19-15-14(11-21)18-9-10-20(15)16(22)23-12-13-7-5-4-6-8-13/h4-8,15,18-19H,9-10,12H2,1-3H3/t15-/m0/s1. The lowest BCUT2D eigenvalue weighted by Gasteiger charge is -2.39. The van der Waals surface area contributed by atoms with Crippen molar-refractivity contribution in [3.8, 4) is 0 Å². The van der Waals surface area contributed by atoms with Crippen LogP contribution in [0.4, 0.5) is 4.79 Å². The molecule has 1 amide bonds. The predicted octanol–water partition coefficient (Wildman–Crippen LogP) is 1.66. The molecule has 124 valence electrons. The second-order valence-corrected chi connectivity index (χ2v) is 6.47. The fraction of sp³-hybridized carbons (Fsp3) is 0.471. The minimum atomic E-state index is -0.565. The molecule has 1 aliphatic rings. The van der Waals surface area contributed by atoms with E-state index in [-0.39, 0.29) is 12.1 Å². The lowest BCUT2D eigenvalue weighted by molar-refractivity contribution is 0.0673. The Morgan fingerprint density at radius 2 is 2.09 bits per heavy atom. The first-order valence-electron chi connectivity index (χ1n) is 7.64. The molecule has 6 nitrogen and oxygen atoms in total. The number of carbonyl (C=O) groups excluding carboxylic acids is 2. The molecule has 1 aliphatic heterocycles. The molecule has 0 bridgehead atoms. The number of hydrogen-bond acceptors (Lipinski definition) is 5. The van der Waals surface area contributed by atoms with Crippen molar-refractivity contribution in [1.82, 2.24) is 15.5 Å². The van der Waals surface area contributed by atoms with Crippen LogP contribution in [0.25, 0.3) is 0 Å². The molecule has 0 unspecified atom stereocenters. The second kappa shape index (κ2) is 7.31. The Labute approximate surface area is 136 Å². The summed E-state index contributed by atoms with van der Waals surface area (Å²) in [6.45, 7) is 7.05. The predicted molar refractivity (Wildman–Crippen MR) is 87.2 cm³/mol. The van der Waals surface area contributed by atoms with Gasteiger partial charge in [0.15, 0.2) is 0 Å². The van der Waals surface area contributed by atoms with Gasteiger partial charge in [0.25, 0.3) is 0 Å². The number of hydrogen-bond donors (Lipinski definition) is 2. The van der Waals surface area contributed by atoms with Crippen molar-refractivity contribution in [2.45, 2.75) is 39.1 Å². The van der Waals surface area contributed by atoms with Crippen LogP contribution in [0, 0.1) is 0 Å². The van der Waals surface area contributed by atoms with Crippen LogP contribution < -0.4 is 10.6 Å². The summed E-state index contributed by atoms with van der Waals surface area (Å²) in [5, 5.41) is 6.23. The van der Waals surface area contributed by atoms with Gasteiger partial charge in [-0.1, -0.05) is 30.3 Å². The summed E-state index contributed by atoms with van der Waals surface area (Å²) in [6.07, 6.45) is -1.02. The number of nitrogens with one attached hydrogen (secondary N) is 2. The van der Waals surface area contributed by atoms with Gasteiger partial charge in [-0.05, 0) is 26.3 Å². The molecule has 0 aliphatic carbocycles. The van der Waals surface area contributed by atoms with E-state index in [1.807, 2.05) is 57.0 Å². The van der Waals surface area contributed by atoms with E-state index in [0.29, 0.717) is 18.8 Å². The van der Waals surface area contributed by atoms with E-state index in [4.69, 9.17) is 4.74 Å². The Hall–Kier alpha value is -2.30. The van der Waals surface area contributed by atoms with Crippen molar-refractivity contribution in [3.05, 3.63) is 41.6 Å². The van der Waals surface area contributed by atoms with Gasteiger partial charge in [-0.2, -0.15) is 0 Å². The Morgan fingerprint density at radius 1 is 1.39 bits per heavy atom. The van der Waals surface area contributed by atoms with Crippen molar-refractivity contribution in [1.29, 1.82) is 0 Å². The largest absolute Gasteiger partial charge is 0.444 e. The number of piperazine rings is 1. The molecule has 1 fully saturated rings. The van der Waals surface area contributed by atoms with E-state index in [0.717, 1.165) is 5.56 Å². The Kier molecular flexibility index (Phi) is 5.42. The molecule has 1 aromatic carbocycles. The van der Waals surface area contributed by atoms with Crippen molar-refractivity contribution in [2.24, 2.45) is 0 Å². The van der Waals surface area contributed by atoms with Crippen molar-refractivity contribution < 1.29 is 14.3 Å². The second-order valence-electron chi connectivity index (χ2n) is 6.47. The van der Waals surface area contributed by atoms with Gasteiger partial charge in [-0.3, -0.25) is 10.2 Å². The highest BCUT2D eigenvalue weighted by Gasteiger charge is 2.34. The average Bonchev–Trinajstić information content (AvgIpc) is 2.52. The van der Waals surface area contributed by atoms with Gasteiger partial charge in [-0.25, -0.2) is 9.59 Å². The zero-order chi connectivity index (χ0) is 16.9. The van der Waals surface area contributed by atoms with E-state index in [9.17, 15) is 9.59 Å². The first kappa shape index (κ1) is 17.1. The fourth-order valence-corrected chi connectivity index (χ4v) is 2.34. The molecule has 23 heavy (non-hydrogen) atoms. The van der Waals surface area contributed by atoms with E-state index in [1.165, 1.54) is 4.90 Å². The van der Waals surface area contributed by atoms with E-state index < -0.39 is 12.3 Å². The third kappa shape index (κ3) is 4.84. The van der Waals surface area contributed by atoms with Crippen LogP contribution in [0.2, 0.25) is 0 Å². The van der Waals surface area contributed by atoms with Crippen molar-refractivity contribution >= 4 is 12.0 Å². The van der Waals surface area contributed by atoms with Gasteiger partial charge >= 0.3 is 6.09 Å². The van der Waals surface area contributed by atoms with Crippen LogP contribution in [-0.4, -0.2) is 41.7 Å². The maximum absolute atomic E-state index is 12.4. The van der Waals surface area contributed by atoms with Gasteiger partial charge in [-0.15, -0.1) is 0 Å². The van der Waals surface area contributed by atoms with Crippen LogP contribution in [0.5, 0.6) is 0 Å². The van der Waals surface area contributed by atoms with Gasteiger partial charge in [0.05, 0.1) is 0 Å². The molecule has 1 heterocycles. The van der Waals surface area contributed by atoms with E-state index in [1.54, 1.807) is 0 Å². The third-order valence-electron chi connectivity index (χ3n) is 3.37. The van der Waals surface area contributed by atoms with Gasteiger partial charge in [0.2, 0.25) is 0 Å². The summed E-state index contributed by atoms with van der Waals surface area (Å²) in [5.41, 5.74) is 0.967.